The molecule has 5 heterocycles. The van der Waals surface area contributed by atoms with Gasteiger partial charge in [0.2, 0.25) is 0 Å². The van der Waals surface area contributed by atoms with Gasteiger partial charge in [0, 0.05) is 0 Å². The van der Waals surface area contributed by atoms with Gasteiger partial charge in [-0.25, -0.2) is 0 Å². The molecule has 0 amide bonds. The molecule has 0 bridgehead atoms. The molecule has 2 aliphatic heterocycles. The molecule has 0 fully saturated rings. The Kier molecular flexibility index (Phi) is 3.87. The molecule has 9 heteroatoms. The molecule has 1 spiro atoms. The number of nitrogens with zero attached hydrogens (tertiary/aromatic N) is 6. The summed E-state index contributed by atoms with van der Waals surface area (Å²) in [6, 6.07) is 14.2. The third-order valence-electron chi connectivity index (χ3n) is 6.38. The number of halogens is 3. The van der Waals surface area contributed by atoms with Crippen molar-refractivity contribution in [2.45, 2.75) is 30.2 Å². The van der Waals surface area contributed by atoms with E-state index in [2.05, 4.69) is 36.7 Å². The maximum atomic E-state index is 15.5. The zero-order valence-corrected chi connectivity index (χ0v) is 19.2. The van der Waals surface area contributed by atoms with Gasteiger partial charge in [0.25, 0.3) is 0 Å². The van der Waals surface area contributed by atoms with Gasteiger partial charge < -0.3 is 0 Å². The Balaban J connectivity index is 1.91. The number of hydrogen-bond donors (Lipinski definition) is 0. The number of hydrogen-bond acceptors (Lipinski definition) is 3. The van der Waals surface area contributed by atoms with Crippen LogP contribution < -0.4 is 26.3 Å². The van der Waals surface area contributed by atoms with Gasteiger partial charge in [0.15, 0.2) is 0 Å². The molecule has 0 aliphatic carbocycles. The summed E-state index contributed by atoms with van der Waals surface area (Å²) >= 11 is -3.88. The third kappa shape index (κ3) is 2.03. The van der Waals surface area contributed by atoms with E-state index >= 15 is 4.39 Å². The van der Waals surface area contributed by atoms with Gasteiger partial charge in [-0.3, -0.25) is 0 Å². The van der Waals surface area contributed by atoms with E-state index in [1.54, 1.807) is 0 Å². The van der Waals surface area contributed by atoms with E-state index in [0.29, 0.717) is 15.0 Å². The van der Waals surface area contributed by atoms with Crippen molar-refractivity contribution in [3.63, 3.8) is 0 Å². The molecule has 31 heavy (non-hydrogen) atoms. The Hall–Kier alpha value is -2.82. The van der Waals surface area contributed by atoms with E-state index in [1.165, 1.54) is 6.07 Å². The van der Waals surface area contributed by atoms with Crippen molar-refractivity contribution in [3.05, 3.63) is 76.1 Å². The van der Waals surface area contributed by atoms with Crippen molar-refractivity contribution in [1.82, 2.24) is 18.4 Å². The van der Waals surface area contributed by atoms with Crippen LogP contribution >= 0.6 is 0 Å². The molecule has 6 nitrogen and oxygen atoms in total. The molecule has 2 aliphatic rings. The molecule has 0 N–H and O–H groups in total. The molecule has 6 rings (SSSR count). The molecular formula is C22H20F2IN6+. The maximum absolute atomic E-state index is 15.5. The zero-order chi connectivity index (χ0) is 21.4. The monoisotopic (exact) mass is 533 g/mol. The van der Waals surface area contributed by atoms with Crippen LogP contribution in [0.5, 0.6) is 0 Å². The van der Waals surface area contributed by atoms with Gasteiger partial charge in [-0.2, -0.15) is 0 Å². The Morgan fingerprint density at radius 1 is 1.00 bits per heavy atom. The van der Waals surface area contributed by atoms with Gasteiger partial charge in [0.05, 0.1) is 0 Å². The molecule has 3 aromatic heterocycles. The van der Waals surface area contributed by atoms with E-state index in [1.807, 2.05) is 51.7 Å². The van der Waals surface area contributed by atoms with Crippen molar-refractivity contribution in [2.75, 3.05) is 0 Å². The fourth-order valence-corrected chi connectivity index (χ4v) is 18.0. The van der Waals surface area contributed by atoms with Crippen LogP contribution in [0.15, 0.2) is 60.9 Å². The molecule has 0 radical (unpaired) electrons. The molecule has 4 aromatic rings. The van der Waals surface area contributed by atoms with E-state index in [0.717, 1.165) is 30.3 Å². The Labute approximate surface area is 182 Å². The van der Waals surface area contributed by atoms with Crippen molar-refractivity contribution < 1.29 is 35.1 Å². The SMILES string of the molecule is CCC1(CC)[n+]2ccccc2-c2c(F)cc(F)cc2[I-]12n1nnnc1-c1cccc[n+]12. The van der Waals surface area contributed by atoms with Gasteiger partial charge in [-0.15, -0.1) is 0 Å². The van der Waals surface area contributed by atoms with Crippen LogP contribution in [0.4, 0.5) is 8.78 Å². The summed E-state index contributed by atoms with van der Waals surface area (Å²) in [7, 11) is 0. The first-order valence-electron chi connectivity index (χ1n) is 10.2. The van der Waals surface area contributed by atoms with Gasteiger partial charge >= 0.3 is 183 Å². The summed E-state index contributed by atoms with van der Waals surface area (Å²) in [5, 5.41) is 12.8. The van der Waals surface area contributed by atoms with Gasteiger partial charge in [0.1, 0.15) is 0 Å². The van der Waals surface area contributed by atoms with E-state index in [-0.39, 0.29) is 0 Å². The first-order chi connectivity index (χ1) is 15.1. The quantitative estimate of drug-likeness (QED) is 0.206. The van der Waals surface area contributed by atoms with Gasteiger partial charge in [-0.1, -0.05) is 0 Å². The summed E-state index contributed by atoms with van der Waals surface area (Å²) in [6.45, 7) is 4.29. The average molecular weight is 533 g/mol. The molecule has 1 unspecified atom stereocenters. The second-order valence-electron chi connectivity index (χ2n) is 7.59. The van der Waals surface area contributed by atoms with Crippen LogP contribution in [0, 0.1) is 15.2 Å². The van der Waals surface area contributed by atoms with Crippen molar-refractivity contribution in [2.24, 2.45) is 0 Å². The van der Waals surface area contributed by atoms with E-state index in [4.69, 9.17) is 0 Å². The van der Waals surface area contributed by atoms with Crippen molar-refractivity contribution in [3.8, 4) is 22.8 Å². The van der Waals surface area contributed by atoms with Crippen molar-refractivity contribution in [1.29, 1.82) is 0 Å². The molecule has 0 saturated heterocycles. The summed E-state index contributed by atoms with van der Waals surface area (Å²) in [5.41, 5.74) is 2.08. The summed E-state index contributed by atoms with van der Waals surface area (Å²) in [5.74, 6) is -0.485. The number of fused-ring (bicyclic) bond motifs is 9. The van der Waals surface area contributed by atoms with Gasteiger partial charge in [-0.05, 0) is 0 Å². The average Bonchev–Trinajstić information content (AvgIpc) is 3.36. The molecule has 158 valence electrons. The van der Waals surface area contributed by atoms with Crippen LogP contribution in [0.1, 0.15) is 26.7 Å². The molecule has 0 saturated carbocycles. The Bertz CT molecular complexity index is 1370. The summed E-state index contributed by atoms with van der Waals surface area (Å²) in [4.78, 5) is 0. The second-order valence-corrected chi connectivity index (χ2v) is 15.6. The van der Waals surface area contributed by atoms with Crippen LogP contribution in [0.25, 0.3) is 22.8 Å². The minimum absolute atomic E-state index is 0.446. The second kappa shape index (κ2) is 6.35. The third-order valence-corrected chi connectivity index (χ3v) is 18.0. The molecular weight excluding hydrogens is 513 g/mol. The summed E-state index contributed by atoms with van der Waals surface area (Å²) < 4.78 is 36.9. The Morgan fingerprint density at radius 2 is 1.74 bits per heavy atom. The number of aromatic nitrogens is 6. The first-order valence-corrected chi connectivity index (χ1v) is 14.3. The number of rotatable bonds is 2. The van der Waals surface area contributed by atoms with Crippen LogP contribution in [0.3, 0.4) is 0 Å². The van der Waals surface area contributed by atoms with Crippen LogP contribution in [-0.4, -0.2) is 18.4 Å². The number of tetrazole rings is 1. The predicted octanol–water partition coefficient (Wildman–Crippen LogP) is -0.0833. The van der Waals surface area contributed by atoms with Crippen LogP contribution in [0.2, 0.25) is 0 Å². The number of pyridine rings is 2. The van der Waals surface area contributed by atoms with E-state index < -0.39 is 34.2 Å². The fourth-order valence-electron chi connectivity index (χ4n) is 5.14. The first kappa shape index (κ1) is 18.9. The standard InChI is InChI=1S/C22H20F2IN6/c1-3-22(4-2)25(30-12-8-6-10-19(30)21-26-27-28-31(21)25)17-14-15(23)13-16(24)20(17)18-9-5-7-11-29(18)22/h5-14H,3-4H2,1-2H3/q+1. The van der Waals surface area contributed by atoms with Crippen molar-refractivity contribution >= 4 is 0 Å². The summed E-state index contributed by atoms with van der Waals surface area (Å²) in [6.07, 6.45) is 5.56. The topological polar surface area (TPSA) is 51.4 Å². The molecule has 1 aromatic carbocycles. The zero-order valence-electron chi connectivity index (χ0n) is 17.0. The predicted molar refractivity (Wildman–Crippen MR) is 103 cm³/mol. The fraction of sp³-hybridized carbons (Fsp3) is 0.227. The Morgan fingerprint density at radius 3 is 2.52 bits per heavy atom. The normalized spacial score (nSPS) is 21.7. The minimum atomic E-state index is -3.88. The molecule has 1 atom stereocenters. The van der Waals surface area contributed by atoms with E-state index in [9.17, 15) is 4.39 Å². The number of alkyl halides is 1. The van der Waals surface area contributed by atoms with Crippen LogP contribution in [-0.2, 0) is 3.55 Å². The number of benzene rings is 1.